The molecule has 300 valence electrons. The molecule has 64 heavy (non-hydrogen) atoms. The van der Waals surface area contributed by atoms with E-state index in [0.717, 1.165) is 56.0 Å². The zero-order chi connectivity index (χ0) is 42.4. The summed E-state index contributed by atoms with van der Waals surface area (Å²) in [5.74, 6) is 0.856. The molecule has 0 atom stereocenters. The minimum absolute atomic E-state index is 0.856. The number of hydrogen-bond acceptors (Lipinski definition) is 2. The molecule has 0 aliphatic rings. The summed E-state index contributed by atoms with van der Waals surface area (Å²) in [7, 11) is 0. The zero-order valence-corrected chi connectivity index (χ0v) is 35.0. The van der Waals surface area contributed by atoms with Crippen LogP contribution in [0, 0.1) is 0 Å². The van der Waals surface area contributed by atoms with Crippen LogP contribution in [0.25, 0.3) is 99.1 Å². The molecule has 0 spiro atoms. The molecule has 0 amide bonds. The van der Waals surface area contributed by atoms with Gasteiger partial charge in [-0.2, -0.15) is 0 Å². The monoisotopic (exact) mass is 815 g/mol. The van der Waals surface area contributed by atoms with E-state index in [0.29, 0.717) is 0 Å². The fourth-order valence-corrected chi connectivity index (χ4v) is 9.51. The van der Waals surface area contributed by atoms with Crippen molar-refractivity contribution in [3.05, 3.63) is 249 Å². The van der Waals surface area contributed by atoms with Crippen molar-refractivity contribution in [2.45, 2.75) is 0 Å². The maximum Gasteiger partial charge on any atom is 0.143 e. The molecule has 0 aliphatic heterocycles. The van der Waals surface area contributed by atoms with Crippen LogP contribution in [0.4, 0.5) is 17.1 Å². The molecule has 0 fully saturated rings. The van der Waals surface area contributed by atoms with Gasteiger partial charge in [-0.15, -0.1) is 0 Å². The SMILES string of the molecule is c1ccc(-c2c(-c3cccc(N(c4ccc(-c5cccc(-c6ccc7ccccc7c6)c5)cc4)c4ccc(-c5cc6ccccc6c6ccccc56)cc4)c3)oc3ccccc23)cc1. The van der Waals surface area contributed by atoms with Gasteiger partial charge < -0.3 is 9.32 Å². The maximum atomic E-state index is 6.73. The van der Waals surface area contributed by atoms with Crippen molar-refractivity contribution < 1.29 is 4.42 Å². The molecule has 12 aromatic rings. The summed E-state index contributed by atoms with van der Waals surface area (Å²) in [6.45, 7) is 0. The first kappa shape index (κ1) is 37.3. The van der Waals surface area contributed by atoms with E-state index < -0.39 is 0 Å². The van der Waals surface area contributed by atoms with Crippen LogP contribution in [0.3, 0.4) is 0 Å². The summed E-state index contributed by atoms with van der Waals surface area (Å²) in [4.78, 5) is 2.35. The Hall–Kier alpha value is -8.46. The Morgan fingerprint density at radius 2 is 0.812 bits per heavy atom. The number of rotatable bonds is 8. The van der Waals surface area contributed by atoms with E-state index in [2.05, 4.69) is 248 Å². The molecular weight excluding hydrogens is 775 g/mol. The van der Waals surface area contributed by atoms with Crippen LogP contribution >= 0.6 is 0 Å². The molecule has 1 aromatic heterocycles. The maximum absolute atomic E-state index is 6.73. The second-order valence-electron chi connectivity index (χ2n) is 16.5. The van der Waals surface area contributed by atoms with Crippen LogP contribution in [0.1, 0.15) is 0 Å². The highest BCUT2D eigenvalue weighted by Gasteiger charge is 2.20. The van der Waals surface area contributed by atoms with Gasteiger partial charge in [0.25, 0.3) is 0 Å². The lowest BCUT2D eigenvalue weighted by Crippen LogP contribution is -2.10. The van der Waals surface area contributed by atoms with E-state index in [9.17, 15) is 0 Å². The summed E-state index contributed by atoms with van der Waals surface area (Å²) in [5.41, 5.74) is 14.4. The number of anilines is 3. The Balaban J connectivity index is 0.967. The van der Waals surface area contributed by atoms with Crippen LogP contribution in [-0.4, -0.2) is 0 Å². The third-order valence-corrected chi connectivity index (χ3v) is 12.6. The van der Waals surface area contributed by atoms with Crippen molar-refractivity contribution in [1.82, 2.24) is 0 Å². The minimum atomic E-state index is 0.856. The highest BCUT2D eigenvalue weighted by atomic mass is 16.3. The van der Waals surface area contributed by atoms with E-state index in [-0.39, 0.29) is 0 Å². The summed E-state index contributed by atoms with van der Waals surface area (Å²) in [6, 6.07) is 89.5. The van der Waals surface area contributed by atoms with Crippen molar-refractivity contribution in [3.8, 4) is 55.8 Å². The van der Waals surface area contributed by atoms with Crippen molar-refractivity contribution in [2.24, 2.45) is 0 Å². The number of furan rings is 1. The van der Waals surface area contributed by atoms with Gasteiger partial charge in [0.1, 0.15) is 11.3 Å². The fourth-order valence-electron chi connectivity index (χ4n) is 9.51. The van der Waals surface area contributed by atoms with Gasteiger partial charge in [0, 0.05) is 33.6 Å². The first-order valence-corrected chi connectivity index (χ1v) is 21.9. The Morgan fingerprint density at radius 3 is 1.59 bits per heavy atom. The summed E-state index contributed by atoms with van der Waals surface area (Å²) < 4.78 is 6.73. The van der Waals surface area contributed by atoms with Crippen molar-refractivity contribution in [3.63, 3.8) is 0 Å². The lowest BCUT2D eigenvalue weighted by Gasteiger charge is -2.26. The summed E-state index contributed by atoms with van der Waals surface area (Å²) >= 11 is 0. The average molecular weight is 816 g/mol. The lowest BCUT2D eigenvalue weighted by atomic mass is 9.93. The predicted octanol–water partition coefficient (Wildman–Crippen LogP) is 17.7. The van der Waals surface area contributed by atoms with Crippen molar-refractivity contribution in [1.29, 1.82) is 0 Å². The molecule has 0 saturated carbocycles. The molecule has 11 aromatic carbocycles. The standard InChI is InChI=1S/C62H41NO/c1-2-15-45(16-3-1)61-58-26-10-11-27-60(58)64-62(61)51-21-13-22-54(40-51)63(53-36-32-44(33-37-53)59-41-50-18-6-7-23-55(50)56-24-8-9-25-57(56)59)52-34-30-43(31-35-52)47-19-12-20-48(38-47)49-29-28-42-14-4-5-17-46(42)39-49/h1-41H. The second kappa shape index (κ2) is 15.8. The van der Waals surface area contributed by atoms with Crippen LogP contribution in [-0.2, 0) is 0 Å². The molecule has 2 nitrogen and oxygen atoms in total. The van der Waals surface area contributed by atoms with Gasteiger partial charge in [-0.1, -0.05) is 188 Å². The van der Waals surface area contributed by atoms with Gasteiger partial charge in [-0.3, -0.25) is 0 Å². The molecule has 0 aliphatic carbocycles. The van der Waals surface area contributed by atoms with Crippen molar-refractivity contribution in [2.75, 3.05) is 4.90 Å². The highest BCUT2D eigenvalue weighted by molar-refractivity contribution is 6.14. The molecule has 12 rings (SSSR count). The lowest BCUT2D eigenvalue weighted by molar-refractivity contribution is 0.632. The average Bonchev–Trinajstić information content (AvgIpc) is 3.77. The largest absolute Gasteiger partial charge is 0.455 e. The fraction of sp³-hybridized carbons (Fsp3) is 0. The Morgan fingerprint density at radius 1 is 0.266 bits per heavy atom. The van der Waals surface area contributed by atoms with Gasteiger partial charge in [0.15, 0.2) is 0 Å². The summed E-state index contributed by atoms with van der Waals surface area (Å²) in [6.07, 6.45) is 0. The van der Waals surface area contributed by atoms with Gasteiger partial charge in [0.2, 0.25) is 0 Å². The van der Waals surface area contributed by atoms with E-state index in [1.165, 1.54) is 60.1 Å². The first-order valence-electron chi connectivity index (χ1n) is 21.9. The number of para-hydroxylation sites is 1. The smallest absolute Gasteiger partial charge is 0.143 e. The number of hydrogen-bond donors (Lipinski definition) is 0. The Labute approximate surface area is 372 Å². The normalized spacial score (nSPS) is 11.4. The highest BCUT2D eigenvalue weighted by Crippen LogP contribution is 2.44. The van der Waals surface area contributed by atoms with Crippen molar-refractivity contribution >= 4 is 60.3 Å². The topological polar surface area (TPSA) is 16.4 Å². The van der Waals surface area contributed by atoms with Crippen LogP contribution in [0.5, 0.6) is 0 Å². The van der Waals surface area contributed by atoms with Gasteiger partial charge in [0.05, 0.1) is 0 Å². The third-order valence-electron chi connectivity index (χ3n) is 12.6. The summed E-state index contributed by atoms with van der Waals surface area (Å²) in [5, 5.41) is 8.62. The van der Waals surface area contributed by atoms with Gasteiger partial charge >= 0.3 is 0 Å². The zero-order valence-electron chi connectivity index (χ0n) is 35.0. The molecule has 2 heteroatoms. The predicted molar refractivity (Wildman–Crippen MR) is 271 cm³/mol. The number of benzene rings is 11. The molecule has 1 heterocycles. The Bertz CT molecular complexity index is 3660. The molecule has 0 saturated heterocycles. The molecule has 0 radical (unpaired) electrons. The first-order chi connectivity index (χ1) is 31.7. The van der Waals surface area contributed by atoms with Gasteiger partial charge in [-0.05, 0) is 132 Å². The third kappa shape index (κ3) is 6.70. The minimum Gasteiger partial charge on any atom is -0.455 e. The number of nitrogens with zero attached hydrogens (tertiary/aromatic N) is 1. The molecule has 0 bridgehead atoms. The quantitative estimate of drug-likeness (QED) is 0.142. The van der Waals surface area contributed by atoms with Crippen LogP contribution in [0.2, 0.25) is 0 Å². The number of fused-ring (bicyclic) bond motifs is 5. The van der Waals surface area contributed by atoms with E-state index in [1.807, 2.05) is 6.07 Å². The molecule has 0 unspecified atom stereocenters. The van der Waals surface area contributed by atoms with Gasteiger partial charge in [-0.25, -0.2) is 0 Å². The van der Waals surface area contributed by atoms with E-state index in [4.69, 9.17) is 4.42 Å². The van der Waals surface area contributed by atoms with E-state index >= 15 is 0 Å². The van der Waals surface area contributed by atoms with Crippen LogP contribution < -0.4 is 4.90 Å². The van der Waals surface area contributed by atoms with E-state index in [1.54, 1.807) is 0 Å². The second-order valence-corrected chi connectivity index (χ2v) is 16.5. The molecular formula is C62H41NO. The molecule has 0 N–H and O–H groups in total. The Kier molecular flexibility index (Phi) is 9.20. The van der Waals surface area contributed by atoms with Crippen LogP contribution in [0.15, 0.2) is 253 Å².